The predicted molar refractivity (Wildman–Crippen MR) is 153 cm³/mol. The van der Waals surface area contributed by atoms with Crippen LogP contribution in [0.1, 0.15) is 94.7 Å². The van der Waals surface area contributed by atoms with E-state index in [4.69, 9.17) is 9.47 Å². The Morgan fingerprint density at radius 3 is 2.50 bits per heavy atom. The van der Waals surface area contributed by atoms with Crippen molar-refractivity contribution in [2.75, 3.05) is 0 Å². The molecule has 0 N–H and O–H groups in total. The Morgan fingerprint density at radius 1 is 1.13 bits per heavy atom. The van der Waals surface area contributed by atoms with Crippen LogP contribution in [0.3, 0.4) is 0 Å². The Hall–Kier alpha value is -3.35. The summed E-state index contributed by atoms with van der Waals surface area (Å²) in [5.41, 5.74) is 8.75. The van der Waals surface area contributed by atoms with Crippen molar-refractivity contribution < 1.29 is 19.1 Å². The summed E-state index contributed by atoms with van der Waals surface area (Å²) >= 11 is 0. The maximum absolute atomic E-state index is 13.8. The molecule has 0 amide bonds. The Kier molecular flexibility index (Phi) is 7.87. The molecule has 1 aromatic heterocycles. The zero-order valence-corrected chi connectivity index (χ0v) is 23.7. The number of hydrogen-bond donors (Lipinski definition) is 0. The van der Waals surface area contributed by atoms with Gasteiger partial charge in [-0.05, 0) is 85.6 Å². The van der Waals surface area contributed by atoms with Gasteiger partial charge < -0.3 is 14.0 Å². The third kappa shape index (κ3) is 4.57. The summed E-state index contributed by atoms with van der Waals surface area (Å²) in [6.07, 6.45) is 3.25. The van der Waals surface area contributed by atoms with Gasteiger partial charge in [-0.25, -0.2) is 0 Å². The lowest BCUT2D eigenvalue weighted by Crippen LogP contribution is -2.45. The zero-order chi connectivity index (χ0) is 27.8. The van der Waals surface area contributed by atoms with Crippen molar-refractivity contribution in [1.82, 2.24) is 4.57 Å². The number of ether oxygens (including phenoxy) is 2. The summed E-state index contributed by atoms with van der Waals surface area (Å²) in [5, 5.41) is -0.846. The number of hydrogen-bond acceptors (Lipinski definition) is 5. The second-order valence-electron chi connectivity index (χ2n) is 10.6. The molecule has 1 atom stereocenters. The number of carbonyl (C=O) groups is 2. The second-order valence-corrected chi connectivity index (χ2v) is 10.6. The smallest absolute Gasteiger partial charge is 0.311 e. The van der Waals surface area contributed by atoms with Crippen molar-refractivity contribution in [2.24, 2.45) is 0 Å². The van der Waals surface area contributed by atoms with Crippen LogP contribution in [0.4, 0.5) is 0 Å². The Balaban J connectivity index is 1.95. The number of esters is 2. The third-order valence-corrected chi connectivity index (χ3v) is 8.27. The van der Waals surface area contributed by atoms with Crippen LogP contribution >= 0.6 is 0 Å². The van der Waals surface area contributed by atoms with Crippen LogP contribution in [0.25, 0.3) is 11.1 Å². The summed E-state index contributed by atoms with van der Waals surface area (Å²) in [6.45, 7) is 12.8. The Labute approximate surface area is 226 Å². The molecule has 0 bridgehead atoms. The summed E-state index contributed by atoms with van der Waals surface area (Å²) < 4.78 is 12.9. The molecule has 0 aliphatic carbocycles. The van der Waals surface area contributed by atoms with Crippen molar-refractivity contribution in [1.29, 1.82) is 0 Å². The number of aryl methyl sites for hydroxylation is 1. The van der Waals surface area contributed by atoms with Crippen molar-refractivity contribution in [3.8, 4) is 5.75 Å². The van der Waals surface area contributed by atoms with Crippen molar-refractivity contribution >= 4 is 30.9 Å². The fourth-order valence-electron chi connectivity index (χ4n) is 5.66. The van der Waals surface area contributed by atoms with Gasteiger partial charge in [0.2, 0.25) is 0 Å². The van der Waals surface area contributed by atoms with Crippen LogP contribution in [-0.2, 0) is 32.8 Å². The first-order valence-corrected chi connectivity index (χ1v) is 13.8. The molecule has 0 fully saturated rings. The molecule has 0 spiro atoms. The van der Waals surface area contributed by atoms with Gasteiger partial charge in [-0.1, -0.05) is 39.3 Å². The normalized spacial score (nSPS) is 20.9. The zero-order valence-electron chi connectivity index (χ0n) is 23.7. The van der Waals surface area contributed by atoms with Crippen LogP contribution in [-0.4, -0.2) is 24.4 Å². The fraction of sp³-hybridized carbons (Fsp3) is 0.452. The highest BCUT2D eigenvalue weighted by atomic mass is 16.5. The maximum atomic E-state index is 13.8. The minimum atomic E-state index is -0.846. The second kappa shape index (κ2) is 10.8. The molecule has 1 aromatic carbocycles. The Morgan fingerprint density at radius 2 is 1.87 bits per heavy atom. The molecule has 7 heteroatoms. The van der Waals surface area contributed by atoms with E-state index in [1.54, 1.807) is 0 Å². The first-order valence-electron chi connectivity index (χ1n) is 13.8. The van der Waals surface area contributed by atoms with E-state index in [1.807, 2.05) is 44.5 Å². The summed E-state index contributed by atoms with van der Waals surface area (Å²) in [4.78, 5) is 38.8. The topological polar surface area (TPSA) is 74.6 Å². The van der Waals surface area contributed by atoms with Crippen LogP contribution in [0.5, 0.6) is 5.75 Å². The summed E-state index contributed by atoms with van der Waals surface area (Å²) in [7, 11) is 1.87. The molecule has 2 aliphatic rings. The van der Waals surface area contributed by atoms with E-state index in [-0.39, 0.29) is 24.1 Å². The molecular weight excluding hydrogens is 477 g/mol. The fourth-order valence-corrected chi connectivity index (χ4v) is 5.66. The highest BCUT2D eigenvalue weighted by Crippen LogP contribution is 2.44. The van der Waals surface area contributed by atoms with Gasteiger partial charge in [0.05, 0.1) is 23.1 Å². The highest BCUT2D eigenvalue weighted by molar-refractivity contribution is 6.28. The number of nitrogens with zero attached hydrogens (tertiary/aromatic N) is 1. The Bertz CT molecular complexity index is 1430. The van der Waals surface area contributed by atoms with Crippen LogP contribution in [0.2, 0.25) is 0 Å². The van der Waals surface area contributed by atoms with Gasteiger partial charge >= 0.3 is 11.9 Å². The minimum absolute atomic E-state index is 0.0125. The van der Waals surface area contributed by atoms with E-state index < -0.39 is 5.31 Å². The average Bonchev–Trinajstić information content (AvgIpc) is 3.28. The number of rotatable bonds is 7. The van der Waals surface area contributed by atoms with Gasteiger partial charge in [0.1, 0.15) is 20.2 Å². The molecule has 2 aliphatic heterocycles. The van der Waals surface area contributed by atoms with E-state index in [0.717, 1.165) is 58.4 Å². The lowest BCUT2D eigenvalue weighted by atomic mass is 9.60. The average molecular weight is 515 g/mol. The standard InChI is InChI=1S/C31H38BNO5/c1-7-11-27(34)38-20-13-12-19(6)22(14-20)21(9-3)23-16-33-26(28(23)18(5)8-2)15-25-24(29(33)35)17-37-30(36)31(25,32)10-4/h12-15H,7-11,16-17,32H2,1-6H3/b23-21-,28-18-/t31-/m0/s1. The number of pyridine rings is 1. The van der Waals surface area contributed by atoms with Gasteiger partial charge in [0.25, 0.3) is 5.56 Å². The largest absolute Gasteiger partial charge is 0.460 e. The number of benzene rings is 1. The van der Waals surface area contributed by atoms with E-state index in [2.05, 4.69) is 33.8 Å². The van der Waals surface area contributed by atoms with Gasteiger partial charge in [-0.3, -0.25) is 14.4 Å². The number of carbonyl (C=O) groups excluding carboxylic acids is 2. The third-order valence-electron chi connectivity index (χ3n) is 8.27. The number of aromatic nitrogens is 1. The van der Waals surface area contributed by atoms with Crippen LogP contribution < -0.4 is 10.3 Å². The molecule has 0 saturated heterocycles. The number of allylic oxidation sites excluding steroid dienone is 4. The first kappa shape index (κ1) is 27.7. The quantitative estimate of drug-likeness (QED) is 0.287. The van der Waals surface area contributed by atoms with Gasteiger partial charge in [0, 0.05) is 12.0 Å². The summed E-state index contributed by atoms with van der Waals surface area (Å²) in [6, 6.07) is 7.83. The van der Waals surface area contributed by atoms with Crippen LogP contribution in [0.15, 0.2) is 40.2 Å². The number of fused-ring (bicyclic) bond motifs is 2. The molecule has 3 heterocycles. The highest BCUT2D eigenvalue weighted by Gasteiger charge is 2.43. The van der Waals surface area contributed by atoms with E-state index in [0.29, 0.717) is 30.7 Å². The van der Waals surface area contributed by atoms with Gasteiger partial charge in [0.15, 0.2) is 0 Å². The van der Waals surface area contributed by atoms with E-state index >= 15 is 0 Å². The van der Waals surface area contributed by atoms with E-state index in [1.165, 1.54) is 5.57 Å². The van der Waals surface area contributed by atoms with Crippen molar-refractivity contribution in [3.05, 3.63) is 73.7 Å². The lowest BCUT2D eigenvalue weighted by molar-refractivity contribution is -0.150. The van der Waals surface area contributed by atoms with Crippen molar-refractivity contribution in [3.63, 3.8) is 0 Å². The number of cyclic esters (lactones) is 1. The van der Waals surface area contributed by atoms with Crippen LogP contribution in [0, 0.1) is 6.92 Å². The SMILES string of the molecule is B[C@]1(CC)C(=O)OCc2c1cc1n(c2=O)CC(=C(\CC)c2cc(OC(=O)CCC)ccc2C)/C1=C(\C)CC. The molecule has 38 heavy (non-hydrogen) atoms. The first-order chi connectivity index (χ1) is 18.1. The minimum Gasteiger partial charge on any atom is -0.460 e. The molecular formula is C31H38BNO5. The summed E-state index contributed by atoms with van der Waals surface area (Å²) in [5.74, 6) is 0.0186. The molecule has 4 rings (SSSR count). The molecule has 6 nitrogen and oxygen atoms in total. The van der Waals surface area contributed by atoms with E-state index in [9.17, 15) is 14.4 Å². The van der Waals surface area contributed by atoms with Gasteiger partial charge in [-0.15, -0.1) is 0 Å². The van der Waals surface area contributed by atoms with Gasteiger partial charge in [-0.2, -0.15) is 0 Å². The predicted octanol–water partition coefficient (Wildman–Crippen LogP) is 5.22. The molecule has 0 radical (unpaired) electrons. The maximum Gasteiger partial charge on any atom is 0.311 e. The monoisotopic (exact) mass is 515 g/mol. The molecule has 0 saturated carbocycles. The molecule has 200 valence electrons. The lowest BCUT2D eigenvalue weighted by Gasteiger charge is -2.33. The van der Waals surface area contributed by atoms with Crippen molar-refractivity contribution in [2.45, 2.75) is 92.1 Å². The molecule has 0 unspecified atom stereocenters. The molecule has 2 aromatic rings.